The second kappa shape index (κ2) is 61.1. The van der Waals surface area contributed by atoms with Crippen LogP contribution in [0.2, 0.25) is 0 Å². The van der Waals surface area contributed by atoms with Crippen molar-refractivity contribution in [3.8, 4) is 0 Å². The topological polar surface area (TPSA) is 271 Å². The number of esters is 8. The average molecular weight is 1080 g/mol. The molecule has 0 rings (SSSR count). The fourth-order valence-corrected chi connectivity index (χ4v) is 4.33. The van der Waals surface area contributed by atoms with E-state index in [4.69, 9.17) is 43.7 Å². The van der Waals surface area contributed by atoms with Crippen molar-refractivity contribution in [3.05, 3.63) is 100 Å². The van der Waals surface area contributed by atoms with Crippen LogP contribution in [0.3, 0.4) is 0 Å². The van der Waals surface area contributed by atoms with Crippen LogP contribution in [0.4, 0.5) is 0 Å². The molecule has 0 radical (unpaired) electrons. The summed E-state index contributed by atoms with van der Waals surface area (Å²) in [5.74, 6) is -2.61. The summed E-state index contributed by atoms with van der Waals surface area (Å²) < 4.78 is 38.2. The summed E-state index contributed by atoms with van der Waals surface area (Å²) in [4.78, 5) is 85.2. The molecule has 3 N–H and O–H groups in total. The SMILES string of the molecule is C=C(C)C(=O)OCCCCCCOC(=O)C(=C)C.C=CC(=O)OCC(C)(C)CO.C=CC(=O)OCC(CC)CCCC.C=CC(=O)OCCCCCCOC(=O)C=C.C=CC(=O)OCCCCO.C=CC(=O)OCCO. The van der Waals surface area contributed by atoms with Crippen molar-refractivity contribution in [3.63, 3.8) is 0 Å². The Bertz CT molecular complexity index is 1610. The molecular formula is C57H94O19. The van der Waals surface area contributed by atoms with Crippen molar-refractivity contribution in [1.82, 2.24) is 0 Å². The van der Waals surface area contributed by atoms with Gasteiger partial charge in [0.2, 0.25) is 0 Å². The third kappa shape index (κ3) is 69.6. The zero-order valence-corrected chi connectivity index (χ0v) is 46.7. The molecule has 1 atom stereocenters. The summed E-state index contributed by atoms with van der Waals surface area (Å²) in [6, 6.07) is 0. The number of carbonyl (C=O) groups excluding carboxylic acids is 8. The number of aliphatic hydroxyl groups is 3. The summed E-state index contributed by atoms with van der Waals surface area (Å²) >= 11 is 0. The van der Waals surface area contributed by atoms with Gasteiger partial charge in [-0.3, -0.25) is 0 Å². The third-order valence-corrected chi connectivity index (χ3v) is 8.90. The van der Waals surface area contributed by atoms with Gasteiger partial charge in [-0.2, -0.15) is 0 Å². The predicted molar refractivity (Wildman–Crippen MR) is 293 cm³/mol. The number of hydrogen-bond acceptors (Lipinski definition) is 19. The highest BCUT2D eigenvalue weighted by atomic mass is 16.6. The van der Waals surface area contributed by atoms with Crippen LogP contribution < -0.4 is 0 Å². The van der Waals surface area contributed by atoms with Gasteiger partial charge in [0.1, 0.15) is 6.61 Å². The minimum absolute atomic E-state index is 0.00256. The quantitative estimate of drug-likeness (QED) is 0.0227. The van der Waals surface area contributed by atoms with Gasteiger partial charge in [0.25, 0.3) is 0 Å². The van der Waals surface area contributed by atoms with Crippen LogP contribution in [0.5, 0.6) is 0 Å². The number of unbranched alkanes of at least 4 members (excludes halogenated alkanes) is 8. The molecule has 0 fully saturated rings. The fraction of sp³-hybridized carbons (Fsp3) is 0.579. The summed E-state index contributed by atoms with van der Waals surface area (Å²) in [5.41, 5.74) is 0.474. The molecule has 0 amide bonds. The van der Waals surface area contributed by atoms with E-state index in [0.717, 1.165) is 94.6 Å². The van der Waals surface area contributed by atoms with Crippen LogP contribution in [0.25, 0.3) is 0 Å². The summed E-state index contributed by atoms with van der Waals surface area (Å²) in [7, 11) is 0. The summed E-state index contributed by atoms with van der Waals surface area (Å²) in [6.45, 7) is 40.6. The van der Waals surface area contributed by atoms with Gasteiger partial charge in [0, 0.05) is 59.6 Å². The summed E-state index contributed by atoms with van der Waals surface area (Å²) in [5, 5.41) is 25.2. The molecule has 1 unspecified atom stereocenters. The first-order valence-electron chi connectivity index (χ1n) is 25.3. The van der Waals surface area contributed by atoms with Crippen LogP contribution in [0.15, 0.2) is 100 Å². The Morgan fingerprint density at radius 2 is 0.750 bits per heavy atom. The first-order valence-corrected chi connectivity index (χ1v) is 25.3. The molecule has 0 aromatic rings. The molecule has 0 aliphatic carbocycles. The second-order valence-corrected chi connectivity index (χ2v) is 16.7. The Labute approximate surface area is 453 Å². The maximum atomic E-state index is 11.0. The molecule has 0 aromatic carbocycles. The van der Waals surface area contributed by atoms with Crippen molar-refractivity contribution in [2.75, 3.05) is 72.7 Å². The minimum atomic E-state index is -0.501. The molecule has 0 bridgehead atoms. The van der Waals surface area contributed by atoms with E-state index in [2.05, 4.69) is 76.0 Å². The Morgan fingerprint density at radius 1 is 0.434 bits per heavy atom. The lowest BCUT2D eigenvalue weighted by Crippen LogP contribution is -2.24. The number of ether oxygens (including phenoxy) is 8. The van der Waals surface area contributed by atoms with Gasteiger partial charge < -0.3 is 53.2 Å². The smallest absolute Gasteiger partial charge is 0.333 e. The molecule has 19 heteroatoms. The monoisotopic (exact) mass is 1080 g/mol. The number of carbonyl (C=O) groups is 8. The normalized spacial score (nSPS) is 9.91. The Hall–Kier alpha value is -6.44. The lowest BCUT2D eigenvalue weighted by molar-refractivity contribution is -0.142. The zero-order chi connectivity index (χ0) is 59.4. The first kappa shape index (κ1) is 80.9. The van der Waals surface area contributed by atoms with Gasteiger partial charge in [-0.1, -0.05) is 99.6 Å². The van der Waals surface area contributed by atoms with Crippen molar-refractivity contribution in [1.29, 1.82) is 0 Å². The fourth-order valence-electron chi connectivity index (χ4n) is 4.33. The molecule has 0 aliphatic rings. The van der Waals surface area contributed by atoms with Gasteiger partial charge in [0.05, 0.1) is 59.5 Å². The van der Waals surface area contributed by atoms with Crippen LogP contribution in [-0.2, 0) is 76.3 Å². The van der Waals surface area contributed by atoms with E-state index in [-0.39, 0.29) is 68.3 Å². The van der Waals surface area contributed by atoms with Crippen LogP contribution in [-0.4, -0.2) is 136 Å². The molecule has 0 saturated heterocycles. The number of aliphatic hydroxyl groups excluding tert-OH is 3. The maximum Gasteiger partial charge on any atom is 0.333 e. The lowest BCUT2D eigenvalue weighted by Gasteiger charge is -2.20. The molecule has 0 spiro atoms. The van der Waals surface area contributed by atoms with Crippen molar-refractivity contribution >= 4 is 47.8 Å². The predicted octanol–water partition coefficient (Wildman–Crippen LogP) is 8.65. The van der Waals surface area contributed by atoms with Crippen molar-refractivity contribution < 1.29 is 91.6 Å². The van der Waals surface area contributed by atoms with Gasteiger partial charge >= 0.3 is 47.8 Å². The lowest BCUT2D eigenvalue weighted by atomic mass is 9.97. The highest BCUT2D eigenvalue weighted by molar-refractivity contribution is 5.87. The van der Waals surface area contributed by atoms with Gasteiger partial charge in [0.15, 0.2) is 0 Å². The molecule has 76 heavy (non-hydrogen) atoms. The minimum Gasteiger partial charge on any atom is -0.463 e. The van der Waals surface area contributed by atoms with Crippen molar-refractivity contribution in [2.45, 2.75) is 131 Å². The third-order valence-electron chi connectivity index (χ3n) is 8.90. The molecule has 0 aromatic heterocycles. The molecule has 0 heterocycles. The highest BCUT2D eigenvalue weighted by Crippen LogP contribution is 2.14. The highest BCUT2D eigenvalue weighted by Gasteiger charge is 2.18. The zero-order valence-electron chi connectivity index (χ0n) is 46.7. The average Bonchev–Trinajstić information content (AvgIpc) is 3.42. The Morgan fingerprint density at radius 3 is 1.04 bits per heavy atom. The van der Waals surface area contributed by atoms with Gasteiger partial charge in [-0.25, -0.2) is 38.4 Å². The van der Waals surface area contributed by atoms with E-state index in [1.54, 1.807) is 13.8 Å². The summed E-state index contributed by atoms with van der Waals surface area (Å²) in [6.07, 6.45) is 19.8. The molecule has 0 saturated carbocycles. The largest absolute Gasteiger partial charge is 0.463 e. The van der Waals surface area contributed by atoms with E-state index in [9.17, 15) is 38.4 Å². The first-order chi connectivity index (χ1) is 36.0. The molecule has 0 aliphatic heterocycles. The molecule has 436 valence electrons. The molecular weight excluding hydrogens is 989 g/mol. The Kier molecular flexibility index (Phi) is 65.1. The van der Waals surface area contributed by atoms with E-state index in [1.165, 1.54) is 18.9 Å². The maximum absolute atomic E-state index is 11.0. The van der Waals surface area contributed by atoms with Gasteiger partial charge in [-0.15, -0.1) is 0 Å². The Balaban J connectivity index is -0.000000197. The van der Waals surface area contributed by atoms with Crippen LogP contribution in [0.1, 0.15) is 131 Å². The van der Waals surface area contributed by atoms with E-state index < -0.39 is 17.9 Å². The van der Waals surface area contributed by atoms with Crippen LogP contribution >= 0.6 is 0 Å². The van der Waals surface area contributed by atoms with Crippen LogP contribution in [0, 0.1) is 11.3 Å². The van der Waals surface area contributed by atoms with E-state index in [1.807, 2.05) is 13.8 Å². The number of rotatable bonds is 37. The van der Waals surface area contributed by atoms with Crippen molar-refractivity contribution in [2.24, 2.45) is 11.3 Å². The standard InChI is InChI=1S/C14H22O4.C12H18O4.C11H20O2.C8H14O3.C7H12O3.C5H8O3/c1-11(2)13(15)17-9-7-5-6-8-10-18-14(16)12(3)4;1-3-11(13)15-9-7-5-6-8-10-16-12(14)4-2;1-4-7-8-10(5-2)9-13-11(12)6-3;1-4-7(10)11-6-8(2,3)5-9;1-2-7(9)10-6-4-3-5-8;1-2-5(7)8-4-3-6/h1,3,5-10H2,2,4H3;3-4H,1-2,5-10H2;6,10H,3-5,7-9H2,1-2H3;4,9H,1,5-6H2,2-3H3;2,8H,1,3-6H2;2,6H,1,3-4H2. The number of hydrogen-bond donors (Lipinski definition) is 3. The molecule has 19 nitrogen and oxygen atoms in total. The van der Waals surface area contributed by atoms with E-state index >= 15 is 0 Å². The van der Waals surface area contributed by atoms with Gasteiger partial charge in [-0.05, 0) is 90.4 Å². The van der Waals surface area contributed by atoms with E-state index in [0.29, 0.717) is 69.5 Å². The second-order valence-electron chi connectivity index (χ2n) is 16.7.